The normalized spacial score (nSPS) is 12.0. The van der Waals surface area contributed by atoms with Gasteiger partial charge in [0, 0.05) is 12.6 Å². The van der Waals surface area contributed by atoms with Crippen molar-refractivity contribution in [2.24, 2.45) is 5.14 Å². The molecule has 0 aliphatic carbocycles. The Balaban J connectivity index is 0. The molecule has 0 amide bonds. The second kappa shape index (κ2) is 12.6. The number of rotatable bonds is 11. The number of primary sulfonamides is 1. The topological polar surface area (TPSA) is 99.9 Å². The third-order valence-corrected chi connectivity index (χ3v) is 5.01. The summed E-state index contributed by atoms with van der Waals surface area (Å²) in [6, 6.07) is 12.7. The van der Waals surface area contributed by atoms with Crippen LogP contribution in [0.15, 0.2) is 47.4 Å². The predicted molar refractivity (Wildman–Crippen MR) is 117 cm³/mol. The monoisotopic (exact) mass is 450 g/mol. The van der Waals surface area contributed by atoms with Gasteiger partial charge in [-0.3, -0.25) is 0 Å². The summed E-state index contributed by atoms with van der Waals surface area (Å²) in [5.74, 6) is 1.69. The second-order valence-corrected chi connectivity index (χ2v) is 7.85. The zero-order chi connectivity index (χ0) is 20.6. The minimum absolute atomic E-state index is 0. The molecule has 2 rings (SSSR count). The van der Waals surface area contributed by atoms with Crippen molar-refractivity contribution < 1.29 is 25.5 Å². The van der Waals surface area contributed by atoms with Crippen molar-refractivity contribution in [3.8, 4) is 17.2 Å². The summed E-state index contributed by atoms with van der Waals surface area (Å²) >= 11 is 0. The first-order valence-corrected chi connectivity index (χ1v) is 10.7. The summed E-state index contributed by atoms with van der Waals surface area (Å²) in [4.78, 5) is -0.00411. The Morgan fingerprint density at radius 3 is 2.34 bits per heavy atom. The molecule has 2 aromatic carbocycles. The van der Waals surface area contributed by atoms with Gasteiger partial charge in [-0.1, -0.05) is 18.2 Å². The van der Waals surface area contributed by atoms with Crippen LogP contribution in [0, 0.1) is 0 Å². The quantitative estimate of drug-likeness (QED) is 0.402. The molecule has 3 N–H and O–H groups in total. The first kappa shape index (κ1) is 26.0. The fourth-order valence-corrected chi connectivity index (χ4v) is 3.55. The maximum atomic E-state index is 11.7. The fourth-order valence-electron chi connectivity index (χ4n) is 2.81. The van der Waals surface area contributed by atoms with E-state index >= 15 is 0 Å². The first-order valence-electron chi connectivity index (χ1n) is 9.13. The molecule has 0 aromatic heterocycles. The van der Waals surface area contributed by atoms with E-state index in [0.717, 1.165) is 11.3 Å². The number of methoxy groups -OCH3 is 1. The van der Waals surface area contributed by atoms with Crippen molar-refractivity contribution in [2.75, 3.05) is 26.9 Å². The van der Waals surface area contributed by atoms with Crippen LogP contribution in [0.5, 0.6) is 17.2 Å². The number of nitrogens with one attached hydrogen (secondary N) is 1. The summed E-state index contributed by atoms with van der Waals surface area (Å²) in [7, 11) is -2.43. The molecule has 0 spiro atoms. The van der Waals surface area contributed by atoms with Gasteiger partial charge in [-0.25, -0.2) is 13.6 Å². The molecule has 9 heteroatoms. The largest absolute Gasteiger partial charge is 2.00 e. The summed E-state index contributed by atoms with van der Waals surface area (Å²) < 4.78 is 39.9. The Hall–Kier alpha value is -1.03. The van der Waals surface area contributed by atoms with E-state index in [1.165, 1.54) is 7.11 Å². The zero-order valence-corrected chi connectivity index (χ0v) is 20.2. The molecule has 0 saturated heterocycles. The summed E-state index contributed by atoms with van der Waals surface area (Å²) in [5, 5.41) is 8.63. The van der Waals surface area contributed by atoms with E-state index in [1.807, 2.05) is 44.2 Å². The molecule has 158 valence electrons. The van der Waals surface area contributed by atoms with Crippen molar-refractivity contribution in [3.63, 3.8) is 0 Å². The number of nitrogens with two attached hydrogens (primary N) is 1. The van der Waals surface area contributed by atoms with Crippen molar-refractivity contribution >= 4 is 47.8 Å². The Morgan fingerprint density at radius 1 is 1.10 bits per heavy atom. The van der Waals surface area contributed by atoms with E-state index in [2.05, 4.69) is 5.32 Å². The second-order valence-electron chi connectivity index (χ2n) is 6.32. The number of ether oxygens (including phenoxy) is 3. The maximum absolute atomic E-state index is 11.7. The van der Waals surface area contributed by atoms with Gasteiger partial charge < -0.3 is 22.4 Å². The molecular formula is C20H30CaN2O5S. The van der Waals surface area contributed by atoms with Gasteiger partial charge in [0.15, 0.2) is 11.5 Å². The molecule has 7 nitrogen and oxygen atoms in total. The maximum Gasteiger partial charge on any atom is 2.00 e. The minimum Gasteiger partial charge on any atom is -1.00 e. The Labute approximate surface area is 205 Å². The average Bonchev–Trinajstić information content (AvgIpc) is 2.66. The SMILES string of the molecule is CCOc1ccccc1OCCNC(C)Cc1ccc(OC)c(S(N)(=O)=O)c1.[Ca+2].[H-].[H-]. The Kier molecular flexibility index (Phi) is 11.3. The van der Waals surface area contributed by atoms with Crippen molar-refractivity contribution in [1.82, 2.24) is 5.32 Å². The minimum atomic E-state index is -3.84. The average molecular weight is 451 g/mol. The van der Waals surface area contributed by atoms with Gasteiger partial charge in [0.05, 0.1) is 13.7 Å². The van der Waals surface area contributed by atoms with Crippen LogP contribution < -0.4 is 24.7 Å². The molecule has 29 heavy (non-hydrogen) atoms. The van der Waals surface area contributed by atoms with Gasteiger partial charge in [0.2, 0.25) is 10.0 Å². The van der Waals surface area contributed by atoms with E-state index in [-0.39, 0.29) is 57.3 Å². The number of hydrogen-bond donors (Lipinski definition) is 2. The van der Waals surface area contributed by atoms with Gasteiger partial charge in [-0.2, -0.15) is 0 Å². The molecule has 1 atom stereocenters. The number of hydrogen-bond acceptors (Lipinski definition) is 6. The molecule has 0 aliphatic heterocycles. The van der Waals surface area contributed by atoms with Crippen LogP contribution in [0.2, 0.25) is 0 Å². The van der Waals surface area contributed by atoms with Crippen LogP contribution in [0.1, 0.15) is 22.3 Å². The Morgan fingerprint density at radius 2 is 1.76 bits per heavy atom. The molecule has 0 saturated carbocycles. The first-order chi connectivity index (χ1) is 13.3. The van der Waals surface area contributed by atoms with Gasteiger partial charge in [0.25, 0.3) is 0 Å². The number of sulfonamides is 1. The van der Waals surface area contributed by atoms with Gasteiger partial charge >= 0.3 is 37.7 Å². The van der Waals surface area contributed by atoms with E-state index in [1.54, 1.807) is 12.1 Å². The molecule has 0 bridgehead atoms. The number of para-hydroxylation sites is 2. The molecule has 2 aromatic rings. The molecule has 0 radical (unpaired) electrons. The third kappa shape index (κ3) is 8.32. The molecule has 1 unspecified atom stereocenters. The van der Waals surface area contributed by atoms with Crippen LogP contribution in [-0.2, 0) is 16.4 Å². The third-order valence-electron chi connectivity index (χ3n) is 4.08. The van der Waals surface area contributed by atoms with Crippen LogP contribution in [0.3, 0.4) is 0 Å². The summed E-state index contributed by atoms with van der Waals surface area (Å²) in [6.07, 6.45) is 0.641. The van der Waals surface area contributed by atoms with Crippen LogP contribution in [0.4, 0.5) is 0 Å². The van der Waals surface area contributed by atoms with Gasteiger partial charge in [-0.15, -0.1) is 0 Å². The fraction of sp³-hybridized carbons (Fsp3) is 0.400. The van der Waals surface area contributed by atoms with Gasteiger partial charge in [0.1, 0.15) is 17.3 Å². The van der Waals surface area contributed by atoms with E-state index in [0.29, 0.717) is 31.9 Å². The summed E-state index contributed by atoms with van der Waals surface area (Å²) in [5.41, 5.74) is 0.854. The number of benzene rings is 2. The van der Waals surface area contributed by atoms with Crippen LogP contribution in [-0.4, -0.2) is 79.1 Å². The molecule has 0 heterocycles. The molecular weight excluding hydrogens is 420 g/mol. The van der Waals surface area contributed by atoms with Crippen molar-refractivity contribution in [1.29, 1.82) is 0 Å². The van der Waals surface area contributed by atoms with Crippen molar-refractivity contribution in [3.05, 3.63) is 48.0 Å². The summed E-state index contributed by atoms with van der Waals surface area (Å²) in [6.45, 7) is 5.66. The van der Waals surface area contributed by atoms with E-state index in [4.69, 9.17) is 19.3 Å². The standard InChI is InChI=1S/C20H28N2O5S.Ca.2H/c1-4-26-17-7-5-6-8-18(17)27-12-11-22-15(2)13-16-9-10-19(25-3)20(14-16)28(21,23)24;;;/h5-10,14-15,22H,4,11-13H2,1-3H3,(H2,21,23,24);;;/q;+2;2*-1. The molecule has 0 aliphatic rings. The zero-order valence-electron chi connectivity index (χ0n) is 19.2. The van der Waals surface area contributed by atoms with Gasteiger partial charge in [-0.05, 0) is 50.1 Å². The van der Waals surface area contributed by atoms with E-state index < -0.39 is 10.0 Å². The van der Waals surface area contributed by atoms with Crippen LogP contribution >= 0.6 is 0 Å². The smallest absolute Gasteiger partial charge is 1.00 e. The predicted octanol–water partition coefficient (Wildman–Crippen LogP) is 2.19. The Bertz CT molecular complexity index is 888. The van der Waals surface area contributed by atoms with E-state index in [9.17, 15) is 8.42 Å². The van der Waals surface area contributed by atoms with Crippen LogP contribution in [0.25, 0.3) is 0 Å². The molecule has 0 fully saturated rings. The van der Waals surface area contributed by atoms with Crippen molar-refractivity contribution in [2.45, 2.75) is 31.2 Å².